The number of benzene rings is 1. The van der Waals surface area contributed by atoms with Crippen LogP contribution in [0.2, 0.25) is 5.02 Å². The van der Waals surface area contributed by atoms with Gasteiger partial charge in [-0.1, -0.05) is 11.6 Å². The van der Waals surface area contributed by atoms with Gasteiger partial charge >= 0.3 is 5.97 Å². The molecular weight excluding hydrogens is 384 g/mol. The average molecular weight is 392 g/mol. The Hall–Kier alpha value is -1.64. The van der Waals surface area contributed by atoms with Gasteiger partial charge in [-0.05, 0) is 46.3 Å². The number of carboxylic acid groups (broad SMARTS) is 1. The lowest BCUT2D eigenvalue weighted by molar-refractivity contribution is 0.0697. The quantitative estimate of drug-likeness (QED) is 0.781. The van der Waals surface area contributed by atoms with Crippen LogP contribution in [0.3, 0.4) is 0 Å². The highest BCUT2D eigenvalue weighted by Gasteiger charge is 2.19. The summed E-state index contributed by atoms with van der Waals surface area (Å²) in [4.78, 5) is 14.7. The second-order valence-electron chi connectivity index (χ2n) is 3.89. The Morgan fingerprint density at radius 1 is 1.33 bits per heavy atom. The number of nitrogens with zero attached hydrogens (tertiary/aromatic N) is 1. The number of pyridine rings is 1. The molecule has 0 atom stereocenters. The van der Waals surface area contributed by atoms with E-state index in [0.717, 1.165) is 6.07 Å². The first-order valence-electron chi connectivity index (χ1n) is 5.47. The number of hydrogen-bond acceptors (Lipinski definition) is 4. The van der Waals surface area contributed by atoms with Gasteiger partial charge in [0.15, 0.2) is 0 Å². The first kappa shape index (κ1) is 15.7. The third-order valence-electron chi connectivity index (χ3n) is 2.48. The summed E-state index contributed by atoms with van der Waals surface area (Å²) < 4.78 is 27.1. The Balaban J connectivity index is 2.43. The van der Waals surface area contributed by atoms with Crippen LogP contribution in [-0.4, -0.2) is 24.5 Å². The number of aromatic carboxylic acids is 1. The van der Waals surface area contributed by atoms with Crippen molar-refractivity contribution in [2.24, 2.45) is 0 Å². The number of carbonyl (C=O) groups is 1. The molecule has 0 saturated heterocycles. The zero-order valence-corrected chi connectivity index (χ0v) is 13.4. The standard InChI is InChI=1S/C12H8BrClN2O4S/c13-11-10(2-1-5-15-11)16-21(19,20)7-3-4-9(14)8(6-7)12(17)18/h1-6,16H,(H,17,18). The Morgan fingerprint density at radius 2 is 2.05 bits per heavy atom. The maximum atomic E-state index is 12.2. The van der Waals surface area contributed by atoms with Crippen LogP contribution in [0.4, 0.5) is 5.69 Å². The number of nitrogens with one attached hydrogen (secondary N) is 1. The second kappa shape index (κ2) is 6.00. The van der Waals surface area contributed by atoms with Crippen molar-refractivity contribution in [1.82, 2.24) is 4.98 Å². The van der Waals surface area contributed by atoms with Crippen LogP contribution >= 0.6 is 27.5 Å². The van der Waals surface area contributed by atoms with Gasteiger partial charge in [0.05, 0.1) is 21.2 Å². The fraction of sp³-hybridized carbons (Fsp3) is 0. The van der Waals surface area contributed by atoms with Crippen molar-refractivity contribution < 1.29 is 18.3 Å². The molecule has 2 N–H and O–H groups in total. The molecule has 0 saturated carbocycles. The van der Waals surface area contributed by atoms with Crippen LogP contribution in [0.15, 0.2) is 46.0 Å². The normalized spacial score (nSPS) is 11.1. The highest BCUT2D eigenvalue weighted by atomic mass is 79.9. The summed E-state index contributed by atoms with van der Waals surface area (Å²) >= 11 is 8.83. The maximum Gasteiger partial charge on any atom is 0.337 e. The first-order valence-corrected chi connectivity index (χ1v) is 8.13. The van der Waals surface area contributed by atoms with E-state index in [1.807, 2.05) is 0 Å². The largest absolute Gasteiger partial charge is 0.478 e. The van der Waals surface area contributed by atoms with Crippen molar-refractivity contribution in [2.45, 2.75) is 4.90 Å². The Bertz CT molecular complexity index is 811. The molecule has 0 aliphatic heterocycles. The number of sulfonamides is 1. The van der Waals surface area contributed by atoms with Crippen LogP contribution in [0.25, 0.3) is 0 Å². The van der Waals surface area contributed by atoms with Crippen LogP contribution < -0.4 is 4.72 Å². The maximum absolute atomic E-state index is 12.2. The lowest BCUT2D eigenvalue weighted by Crippen LogP contribution is -2.14. The highest BCUT2D eigenvalue weighted by molar-refractivity contribution is 9.10. The Kier molecular flexibility index (Phi) is 4.50. The van der Waals surface area contributed by atoms with Crippen molar-refractivity contribution in [2.75, 3.05) is 4.72 Å². The van der Waals surface area contributed by atoms with E-state index in [4.69, 9.17) is 16.7 Å². The summed E-state index contributed by atoms with van der Waals surface area (Å²) in [5, 5.41) is 8.93. The zero-order valence-electron chi connectivity index (χ0n) is 10.2. The van der Waals surface area contributed by atoms with E-state index < -0.39 is 16.0 Å². The molecule has 1 aromatic heterocycles. The predicted octanol–water partition coefficient (Wildman–Crippen LogP) is 3.00. The van der Waals surface area contributed by atoms with Crippen molar-refractivity contribution in [3.05, 3.63) is 51.7 Å². The van der Waals surface area contributed by atoms with E-state index in [1.165, 1.54) is 24.4 Å². The third kappa shape index (κ3) is 3.52. The third-order valence-corrected chi connectivity index (χ3v) is 4.81. The van der Waals surface area contributed by atoms with Gasteiger partial charge in [-0.15, -0.1) is 0 Å². The SMILES string of the molecule is O=C(O)c1cc(S(=O)(=O)Nc2cccnc2Br)ccc1Cl. The highest BCUT2D eigenvalue weighted by Crippen LogP contribution is 2.25. The molecule has 0 amide bonds. The van der Waals surface area contributed by atoms with Gasteiger partial charge in [0.1, 0.15) is 4.60 Å². The van der Waals surface area contributed by atoms with Gasteiger partial charge in [0.2, 0.25) is 0 Å². The van der Waals surface area contributed by atoms with E-state index >= 15 is 0 Å². The molecule has 0 radical (unpaired) electrons. The van der Waals surface area contributed by atoms with Gasteiger partial charge in [0, 0.05) is 6.20 Å². The van der Waals surface area contributed by atoms with E-state index in [2.05, 4.69) is 25.6 Å². The zero-order chi connectivity index (χ0) is 15.6. The molecule has 0 fully saturated rings. The molecule has 0 bridgehead atoms. The molecule has 2 rings (SSSR count). The molecule has 110 valence electrons. The molecule has 9 heteroatoms. The topological polar surface area (TPSA) is 96.4 Å². The smallest absolute Gasteiger partial charge is 0.337 e. The summed E-state index contributed by atoms with van der Waals surface area (Å²) in [6.07, 6.45) is 1.49. The van der Waals surface area contributed by atoms with Gasteiger partial charge < -0.3 is 5.11 Å². The van der Waals surface area contributed by atoms with Crippen LogP contribution in [0, 0.1) is 0 Å². The molecule has 0 unspecified atom stereocenters. The lowest BCUT2D eigenvalue weighted by atomic mass is 10.2. The molecule has 0 aliphatic rings. The number of anilines is 1. The van der Waals surface area contributed by atoms with Crippen molar-refractivity contribution in [3.63, 3.8) is 0 Å². The van der Waals surface area contributed by atoms with Crippen molar-refractivity contribution in [1.29, 1.82) is 0 Å². The van der Waals surface area contributed by atoms with Crippen LogP contribution in [-0.2, 0) is 10.0 Å². The molecule has 0 spiro atoms. The molecule has 21 heavy (non-hydrogen) atoms. The minimum atomic E-state index is -3.95. The Morgan fingerprint density at radius 3 is 2.67 bits per heavy atom. The minimum absolute atomic E-state index is 0.0380. The second-order valence-corrected chi connectivity index (χ2v) is 6.73. The molecule has 1 aromatic carbocycles. The number of aromatic nitrogens is 1. The van der Waals surface area contributed by atoms with Gasteiger partial charge in [-0.3, -0.25) is 4.72 Å². The van der Waals surface area contributed by atoms with Crippen LogP contribution in [0.5, 0.6) is 0 Å². The Labute approximate surface area is 134 Å². The van der Waals surface area contributed by atoms with Crippen molar-refractivity contribution >= 4 is 49.2 Å². The lowest BCUT2D eigenvalue weighted by Gasteiger charge is -2.10. The number of rotatable bonds is 4. The average Bonchev–Trinajstić information content (AvgIpc) is 2.41. The predicted molar refractivity (Wildman–Crippen MR) is 81.2 cm³/mol. The monoisotopic (exact) mass is 390 g/mol. The number of carboxylic acids is 1. The molecule has 0 aliphatic carbocycles. The van der Waals surface area contributed by atoms with E-state index in [-0.39, 0.29) is 21.2 Å². The summed E-state index contributed by atoms with van der Waals surface area (Å²) in [5.74, 6) is -1.31. The van der Waals surface area contributed by atoms with Crippen molar-refractivity contribution in [3.8, 4) is 0 Å². The fourth-order valence-electron chi connectivity index (χ4n) is 1.50. The number of halogens is 2. The minimum Gasteiger partial charge on any atom is -0.478 e. The molecule has 6 nitrogen and oxygen atoms in total. The van der Waals surface area contributed by atoms with Crippen LogP contribution in [0.1, 0.15) is 10.4 Å². The fourth-order valence-corrected chi connectivity index (χ4v) is 3.27. The first-order chi connectivity index (χ1) is 9.81. The van der Waals surface area contributed by atoms with Gasteiger partial charge in [-0.2, -0.15) is 0 Å². The molecule has 1 heterocycles. The summed E-state index contributed by atoms with van der Waals surface area (Å²) in [7, 11) is -3.95. The molecule has 2 aromatic rings. The summed E-state index contributed by atoms with van der Waals surface area (Å²) in [6.45, 7) is 0. The van der Waals surface area contributed by atoms with E-state index in [1.54, 1.807) is 6.07 Å². The van der Waals surface area contributed by atoms with Gasteiger partial charge in [0.25, 0.3) is 10.0 Å². The van der Waals surface area contributed by atoms with E-state index in [9.17, 15) is 13.2 Å². The molecular formula is C12H8BrClN2O4S. The van der Waals surface area contributed by atoms with E-state index in [0.29, 0.717) is 4.60 Å². The summed E-state index contributed by atoms with van der Waals surface area (Å²) in [5.41, 5.74) is -0.0471. The number of hydrogen-bond donors (Lipinski definition) is 2. The summed E-state index contributed by atoms with van der Waals surface area (Å²) in [6, 6.07) is 6.52. The van der Waals surface area contributed by atoms with Gasteiger partial charge in [-0.25, -0.2) is 18.2 Å².